The minimum Gasteiger partial charge on any atom is -0.871 e. The van der Waals surface area contributed by atoms with Gasteiger partial charge in [-0.05, 0) is 25.1 Å². The van der Waals surface area contributed by atoms with Gasteiger partial charge in [0.1, 0.15) is 24.5 Å². The molecule has 2 aliphatic rings. The molecule has 0 bridgehead atoms. The molecule has 36 heavy (non-hydrogen) atoms. The number of hydrogen-bond acceptors (Lipinski definition) is 6. The molecule has 2 aromatic heterocycles. The van der Waals surface area contributed by atoms with Crippen LogP contribution in [0.25, 0.3) is 11.4 Å². The van der Waals surface area contributed by atoms with Gasteiger partial charge in [-0.2, -0.15) is 0 Å². The maximum atomic E-state index is 14.0. The molecule has 188 valence electrons. The second kappa shape index (κ2) is 10.1. The molecule has 1 unspecified atom stereocenters. The van der Waals surface area contributed by atoms with Gasteiger partial charge >= 0.3 is 0 Å². The number of quaternary nitrogens is 1. The van der Waals surface area contributed by atoms with Crippen LogP contribution in [-0.4, -0.2) is 72.5 Å². The minimum atomic E-state index is -0.831. The van der Waals surface area contributed by atoms with Gasteiger partial charge in [-0.15, -0.1) is 0 Å². The number of methoxy groups -OCH3 is 1. The number of ketones is 1. The number of hydrogen-bond donors (Lipinski definition) is 1. The van der Waals surface area contributed by atoms with E-state index in [0.29, 0.717) is 41.3 Å². The number of fused-ring (bicyclic) bond motifs is 1. The standard InChI is InChI=1S/C27H30N4O5/c1-18-23(30-12-6-5-10-21(30)28-18)25(32)22-24(19-8-3-4-9-20(19)35-2)31(27(34)26(22)33)13-7-11-29-14-16-36-17-15-29/h3-6,8-10,12,24,32H,7,11,13-17H2,1-2H3. The summed E-state index contributed by atoms with van der Waals surface area (Å²) in [5.41, 5.74) is 1.97. The third kappa shape index (κ3) is 4.25. The highest BCUT2D eigenvalue weighted by Gasteiger charge is 2.45. The molecule has 0 saturated carbocycles. The Bertz CT molecular complexity index is 1320. The minimum absolute atomic E-state index is 0.0584. The maximum Gasteiger partial charge on any atom is 0.295 e. The SMILES string of the molecule is COc1ccccc1C1C(=C([O-])c2c(C)nc3ccccn23)C(=O)C(=O)N1CCC[NH+]1CCOCC1. The molecule has 0 radical (unpaired) electrons. The number of Topliss-reactive ketones (excluding diaryl/α,β-unsaturated/α-hetero) is 1. The van der Waals surface area contributed by atoms with Crippen LogP contribution in [0, 0.1) is 6.92 Å². The molecule has 5 rings (SSSR count). The van der Waals surface area contributed by atoms with Crippen molar-refractivity contribution < 1.29 is 29.1 Å². The van der Waals surface area contributed by atoms with E-state index in [1.165, 1.54) is 9.80 Å². The summed E-state index contributed by atoms with van der Waals surface area (Å²) >= 11 is 0. The third-order valence-corrected chi connectivity index (χ3v) is 7.01. The number of ether oxygens (including phenoxy) is 2. The molecular weight excluding hydrogens is 460 g/mol. The fourth-order valence-corrected chi connectivity index (χ4v) is 5.24. The molecule has 9 heteroatoms. The van der Waals surface area contributed by atoms with Crippen molar-refractivity contribution in [2.45, 2.75) is 19.4 Å². The van der Waals surface area contributed by atoms with E-state index in [1.54, 1.807) is 42.8 Å². The van der Waals surface area contributed by atoms with Gasteiger partial charge in [-0.3, -0.25) is 9.59 Å². The van der Waals surface area contributed by atoms with Crippen LogP contribution >= 0.6 is 0 Å². The van der Waals surface area contributed by atoms with Crippen molar-refractivity contribution in [3.05, 3.63) is 71.2 Å². The van der Waals surface area contributed by atoms with Crippen molar-refractivity contribution in [1.29, 1.82) is 0 Å². The largest absolute Gasteiger partial charge is 0.871 e. The highest BCUT2D eigenvalue weighted by atomic mass is 16.5. The number of imidazole rings is 1. The smallest absolute Gasteiger partial charge is 0.295 e. The maximum absolute atomic E-state index is 14.0. The van der Waals surface area contributed by atoms with E-state index in [-0.39, 0.29) is 5.57 Å². The number of likely N-dealkylation sites (tertiary alicyclic amines) is 1. The highest BCUT2D eigenvalue weighted by molar-refractivity contribution is 6.46. The highest BCUT2D eigenvalue weighted by Crippen LogP contribution is 2.42. The zero-order chi connectivity index (χ0) is 25.2. The van der Waals surface area contributed by atoms with Crippen LogP contribution in [0.1, 0.15) is 29.4 Å². The van der Waals surface area contributed by atoms with Crippen LogP contribution in [-0.2, 0) is 14.3 Å². The number of aryl methyl sites for hydroxylation is 1. The lowest BCUT2D eigenvalue weighted by atomic mass is 9.95. The number of amides is 1. The van der Waals surface area contributed by atoms with E-state index in [0.717, 1.165) is 32.8 Å². The van der Waals surface area contributed by atoms with Crippen molar-refractivity contribution in [2.24, 2.45) is 0 Å². The first kappa shape index (κ1) is 24.0. The summed E-state index contributed by atoms with van der Waals surface area (Å²) in [4.78, 5) is 34.2. The van der Waals surface area contributed by atoms with E-state index in [2.05, 4.69) is 4.98 Å². The Morgan fingerprint density at radius 2 is 1.92 bits per heavy atom. The van der Waals surface area contributed by atoms with Gasteiger partial charge in [0.15, 0.2) is 0 Å². The van der Waals surface area contributed by atoms with Gasteiger partial charge in [0.2, 0.25) is 5.78 Å². The summed E-state index contributed by atoms with van der Waals surface area (Å²) in [5, 5.41) is 14.0. The Balaban J connectivity index is 1.58. The number of aromatic nitrogens is 2. The average Bonchev–Trinajstić information content (AvgIpc) is 3.37. The molecule has 9 nitrogen and oxygen atoms in total. The van der Waals surface area contributed by atoms with Gasteiger partial charge in [0.25, 0.3) is 5.91 Å². The van der Waals surface area contributed by atoms with Crippen molar-refractivity contribution in [1.82, 2.24) is 14.3 Å². The van der Waals surface area contributed by atoms with E-state index in [1.807, 2.05) is 24.3 Å². The quantitative estimate of drug-likeness (QED) is 0.288. The number of para-hydroxylation sites is 1. The predicted molar refractivity (Wildman–Crippen MR) is 130 cm³/mol. The molecular formula is C27H30N4O5. The average molecular weight is 491 g/mol. The van der Waals surface area contributed by atoms with Gasteiger partial charge in [0, 0.05) is 30.3 Å². The lowest BCUT2D eigenvalue weighted by molar-refractivity contribution is -0.908. The van der Waals surface area contributed by atoms with Crippen LogP contribution in [0.4, 0.5) is 0 Å². The molecule has 1 atom stereocenters. The number of benzene rings is 1. The molecule has 1 aromatic carbocycles. The molecule has 2 fully saturated rings. The number of carbonyl (C=O) groups excluding carboxylic acids is 2. The van der Waals surface area contributed by atoms with Crippen molar-refractivity contribution in [3.63, 3.8) is 0 Å². The van der Waals surface area contributed by atoms with Crippen molar-refractivity contribution in [2.75, 3.05) is 46.5 Å². The van der Waals surface area contributed by atoms with E-state index in [4.69, 9.17) is 9.47 Å². The Morgan fingerprint density at radius 1 is 1.17 bits per heavy atom. The molecule has 0 aliphatic carbocycles. The molecule has 1 amide bonds. The predicted octanol–water partition coefficient (Wildman–Crippen LogP) is 0.181. The van der Waals surface area contributed by atoms with Crippen LogP contribution in [0.3, 0.4) is 0 Å². The van der Waals surface area contributed by atoms with E-state index < -0.39 is 23.5 Å². The summed E-state index contributed by atoms with van der Waals surface area (Å²) < 4.78 is 12.7. The first-order chi connectivity index (χ1) is 17.5. The van der Waals surface area contributed by atoms with Gasteiger partial charge in [0.05, 0.1) is 44.3 Å². The summed E-state index contributed by atoms with van der Waals surface area (Å²) in [6.07, 6.45) is 2.45. The molecule has 4 heterocycles. The first-order valence-electron chi connectivity index (χ1n) is 12.3. The fourth-order valence-electron chi connectivity index (χ4n) is 5.24. The lowest BCUT2D eigenvalue weighted by Crippen LogP contribution is -3.14. The molecule has 0 spiro atoms. The summed E-state index contributed by atoms with van der Waals surface area (Å²) in [6, 6.07) is 11.8. The van der Waals surface area contributed by atoms with Crippen LogP contribution in [0.2, 0.25) is 0 Å². The number of rotatable bonds is 7. The molecule has 1 N–H and O–H groups in total. The number of morpholine rings is 1. The topological polar surface area (TPSA) is 101 Å². The number of pyridine rings is 1. The van der Waals surface area contributed by atoms with Gasteiger partial charge < -0.3 is 28.8 Å². The normalized spacial score (nSPS) is 20.4. The lowest BCUT2D eigenvalue weighted by Gasteiger charge is -2.29. The molecule has 3 aromatic rings. The Kier molecular flexibility index (Phi) is 6.75. The Hall–Kier alpha value is -3.69. The Labute approximate surface area is 209 Å². The number of nitrogens with zero attached hydrogens (tertiary/aromatic N) is 3. The monoisotopic (exact) mass is 490 g/mol. The number of carbonyl (C=O) groups is 2. The van der Waals surface area contributed by atoms with Crippen LogP contribution in [0.5, 0.6) is 5.75 Å². The zero-order valence-electron chi connectivity index (χ0n) is 20.5. The van der Waals surface area contributed by atoms with Crippen LogP contribution < -0.4 is 14.7 Å². The number of nitrogens with one attached hydrogen (secondary N) is 1. The van der Waals surface area contributed by atoms with E-state index in [9.17, 15) is 14.7 Å². The second-order valence-corrected chi connectivity index (χ2v) is 9.16. The first-order valence-corrected chi connectivity index (χ1v) is 12.3. The fraction of sp³-hybridized carbons (Fsp3) is 0.370. The van der Waals surface area contributed by atoms with Crippen molar-refractivity contribution in [3.8, 4) is 5.75 Å². The van der Waals surface area contributed by atoms with Crippen molar-refractivity contribution >= 4 is 23.1 Å². The van der Waals surface area contributed by atoms with Gasteiger partial charge in [-0.1, -0.05) is 30.0 Å². The summed E-state index contributed by atoms with van der Waals surface area (Å²) in [7, 11) is 1.54. The van der Waals surface area contributed by atoms with Gasteiger partial charge in [-0.25, -0.2) is 4.98 Å². The molecule has 2 saturated heterocycles. The third-order valence-electron chi connectivity index (χ3n) is 7.01. The second-order valence-electron chi connectivity index (χ2n) is 9.16. The molecule has 2 aliphatic heterocycles. The Morgan fingerprint density at radius 3 is 2.69 bits per heavy atom. The summed E-state index contributed by atoms with van der Waals surface area (Å²) in [6.45, 7) is 6.26. The van der Waals surface area contributed by atoms with E-state index >= 15 is 0 Å². The summed E-state index contributed by atoms with van der Waals surface area (Å²) in [5.74, 6) is -1.38. The zero-order valence-corrected chi connectivity index (χ0v) is 20.5. The van der Waals surface area contributed by atoms with Crippen LogP contribution in [0.15, 0.2) is 54.2 Å².